The zero-order chi connectivity index (χ0) is 22.5. The smallest absolute Gasteiger partial charge is 0.410 e. The fraction of sp³-hybridized carbons (Fsp3) is 0.545. The Labute approximate surface area is 194 Å². The highest BCUT2D eigenvalue weighted by Crippen LogP contribution is 2.25. The Bertz CT molecular complexity index is 791. The second-order valence-corrected chi connectivity index (χ2v) is 15.0. The number of hydrogen-bond donors (Lipinski definition) is 0. The van der Waals surface area contributed by atoms with Crippen LogP contribution in [0.2, 0.25) is 19.6 Å². The maximum atomic E-state index is 12.2. The van der Waals surface area contributed by atoms with E-state index in [2.05, 4.69) is 53.8 Å². The van der Waals surface area contributed by atoms with Crippen molar-refractivity contribution in [1.29, 1.82) is 0 Å². The van der Waals surface area contributed by atoms with Crippen molar-refractivity contribution in [3.05, 3.63) is 39.8 Å². The Morgan fingerprint density at radius 2 is 1.90 bits per heavy atom. The van der Waals surface area contributed by atoms with Crippen molar-refractivity contribution < 1.29 is 18.7 Å². The Morgan fingerprint density at radius 3 is 2.47 bits per heavy atom. The minimum absolute atomic E-state index is 0.0392. The van der Waals surface area contributed by atoms with Crippen molar-refractivity contribution in [2.75, 3.05) is 13.1 Å². The minimum atomic E-state index is -1.74. The van der Waals surface area contributed by atoms with Crippen molar-refractivity contribution in [3.63, 3.8) is 0 Å². The van der Waals surface area contributed by atoms with E-state index in [-0.39, 0.29) is 12.2 Å². The van der Waals surface area contributed by atoms with Gasteiger partial charge >= 0.3 is 6.09 Å². The Hall–Kier alpha value is -1.55. The number of carbonyl (C=O) groups excluding carboxylic acids is 1. The summed E-state index contributed by atoms with van der Waals surface area (Å²) in [4.78, 5) is 18.4. The highest BCUT2D eigenvalue weighted by atomic mass is 127. The number of hydrogen-bond acceptors (Lipinski definition) is 5. The molecule has 1 saturated heterocycles. The fourth-order valence-electron chi connectivity index (χ4n) is 2.91. The largest absolute Gasteiger partial charge is 0.532 e. The van der Waals surface area contributed by atoms with Crippen LogP contribution in [0.3, 0.4) is 0 Å². The Balaban J connectivity index is 1.99. The van der Waals surface area contributed by atoms with Crippen molar-refractivity contribution in [2.45, 2.75) is 65.0 Å². The van der Waals surface area contributed by atoms with Gasteiger partial charge in [-0.1, -0.05) is 0 Å². The number of carbonyl (C=O) groups is 1. The number of likely N-dealkylation sites (tertiary alicyclic amines) is 1. The first kappa shape index (κ1) is 24.7. The molecule has 1 heterocycles. The van der Waals surface area contributed by atoms with Gasteiger partial charge in [-0.3, -0.25) is 0 Å². The Kier molecular flexibility index (Phi) is 8.38. The SMILES string of the molecule is C=C(/N=C/c1cc(I)ccc1OC1CCN(C(=O)OC(C)(C)C)CC1)O[Si](C)(C)C. The summed E-state index contributed by atoms with van der Waals surface area (Å²) >= 11 is 2.27. The van der Waals surface area contributed by atoms with Crippen LogP contribution in [0.5, 0.6) is 5.75 Å². The summed E-state index contributed by atoms with van der Waals surface area (Å²) in [7, 11) is -1.74. The lowest BCUT2D eigenvalue weighted by molar-refractivity contribution is 0.0126. The van der Waals surface area contributed by atoms with Crippen LogP contribution in [0.25, 0.3) is 0 Å². The molecule has 0 spiro atoms. The number of halogens is 1. The molecule has 1 amide bonds. The first-order valence-electron chi connectivity index (χ1n) is 10.2. The van der Waals surface area contributed by atoms with Crippen LogP contribution in [-0.2, 0) is 9.16 Å². The third kappa shape index (κ3) is 8.67. The van der Waals surface area contributed by atoms with Crippen LogP contribution in [0.4, 0.5) is 4.79 Å². The molecule has 6 nitrogen and oxygen atoms in total. The predicted molar refractivity (Wildman–Crippen MR) is 132 cm³/mol. The van der Waals surface area contributed by atoms with Crippen LogP contribution >= 0.6 is 22.6 Å². The normalized spacial score (nSPS) is 15.9. The van der Waals surface area contributed by atoms with Crippen LogP contribution < -0.4 is 4.74 Å². The highest BCUT2D eigenvalue weighted by Gasteiger charge is 2.28. The van der Waals surface area contributed by atoms with Gasteiger partial charge in [0.15, 0.2) is 5.88 Å². The summed E-state index contributed by atoms with van der Waals surface area (Å²) in [5, 5.41) is 0. The zero-order valence-electron chi connectivity index (χ0n) is 18.8. The molecule has 8 heteroatoms. The van der Waals surface area contributed by atoms with Gasteiger partial charge in [0, 0.05) is 41.3 Å². The number of amides is 1. The number of piperidine rings is 1. The third-order valence-electron chi connectivity index (χ3n) is 4.13. The molecule has 166 valence electrons. The molecule has 1 aliphatic heterocycles. The molecule has 1 aromatic carbocycles. The van der Waals surface area contributed by atoms with E-state index in [1.807, 2.05) is 39.0 Å². The van der Waals surface area contributed by atoms with Gasteiger partial charge in [0.2, 0.25) is 8.32 Å². The Morgan fingerprint density at radius 1 is 1.27 bits per heavy atom. The molecular formula is C22H33IN2O4Si. The van der Waals surface area contributed by atoms with Gasteiger partial charge < -0.3 is 18.8 Å². The van der Waals surface area contributed by atoms with Crippen molar-refractivity contribution >= 4 is 43.2 Å². The summed E-state index contributed by atoms with van der Waals surface area (Å²) in [6.07, 6.45) is 3.04. The highest BCUT2D eigenvalue weighted by molar-refractivity contribution is 14.1. The summed E-state index contributed by atoms with van der Waals surface area (Å²) in [5.74, 6) is 1.19. The second-order valence-electron chi connectivity index (χ2n) is 9.33. The molecule has 0 saturated carbocycles. The van der Waals surface area contributed by atoms with Crippen LogP contribution in [0.15, 0.2) is 35.7 Å². The lowest BCUT2D eigenvalue weighted by Gasteiger charge is -2.33. The molecule has 0 radical (unpaired) electrons. The predicted octanol–water partition coefficient (Wildman–Crippen LogP) is 5.81. The first-order chi connectivity index (χ1) is 13.8. The van der Waals surface area contributed by atoms with Crippen LogP contribution in [0, 0.1) is 3.57 Å². The molecule has 0 bridgehead atoms. The summed E-state index contributed by atoms with van der Waals surface area (Å²) in [6, 6.07) is 6.00. The van der Waals surface area contributed by atoms with Gasteiger partial charge in [0.1, 0.15) is 17.5 Å². The monoisotopic (exact) mass is 544 g/mol. The van der Waals surface area contributed by atoms with E-state index in [0.717, 1.165) is 27.7 Å². The van der Waals surface area contributed by atoms with E-state index in [1.165, 1.54) is 0 Å². The molecule has 1 fully saturated rings. The van der Waals surface area contributed by atoms with Crippen molar-refractivity contribution in [1.82, 2.24) is 4.90 Å². The molecule has 2 rings (SSSR count). The number of ether oxygens (including phenoxy) is 2. The van der Waals surface area contributed by atoms with E-state index in [9.17, 15) is 4.79 Å². The molecule has 1 aliphatic rings. The summed E-state index contributed by atoms with van der Waals surface area (Å²) < 4.78 is 18.6. The lowest BCUT2D eigenvalue weighted by atomic mass is 10.1. The zero-order valence-corrected chi connectivity index (χ0v) is 22.0. The number of aliphatic imine (C=N–C) groups is 1. The van der Waals surface area contributed by atoms with Gasteiger partial charge in [-0.25, -0.2) is 9.79 Å². The molecule has 0 aromatic heterocycles. The van der Waals surface area contributed by atoms with Crippen molar-refractivity contribution in [3.8, 4) is 5.75 Å². The first-order valence-corrected chi connectivity index (χ1v) is 14.7. The van der Waals surface area contributed by atoms with Gasteiger partial charge in [0.25, 0.3) is 0 Å². The van der Waals surface area contributed by atoms with E-state index in [1.54, 1.807) is 11.1 Å². The summed E-state index contributed by atoms with van der Waals surface area (Å²) in [6.45, 7) is 17.1. The molecule has 0 N–H and O–H groups in total. The molecule has 0 aliphatic carbocycles. The quantitative estimate of drug-likeness (QED) is 0.196. The number of nitrogens with zero attached hydrogens (tertiary/aromatic N) is 2. The molecule has 0 unspecified atom stereocenters. The fourth-order valence-corrected chi connectivity index (χ4v) is 4.19. The summed E-state index contributed by atoms with van der Waals surface area (Å²) in [5.41, 5.74) is 0.403. The van der Waals surface area contributed by atoms with E-state index < -0.39 is 13.9 Å². The topological polar surface area (TPSA) is 60.4 Å². The van der Waals surface area contributed by atoms with Gasteiger partial charge in [-0.05, 0) is 87.8 Å². The third-order valence-corrected chi connectivity index (χ3v) is 5.65. The van der Waals surface area contributed by atoms with Crippen LogP contribution in [0.1, 0.15) is 39.2 Å². The lowest BCUT2D eigenvalue weighted by Crippen LogP contribution is -2.44. The minimum Gasteiger partial charge on any atom is -0.532 e. The number of rotatable bonds is 6. The van der Waals surface area contributed by atoms with Crippen LogP contribution in [-0.4, -0.2) is 50.3 Å². The molecule has 1 aromatic rings. The maximum absolute atomic E-state index is 12.2. The molecular weight excluding hydrogens is 511 g/mol. The molecule has 0 atom stereocenters. The van der Waals surface area contributed by atoms with Gasteiger partial charge in [-0.2, -0.15) is 0 Å². The van der Waals surface area contributed by atoms with E-state index in [0.29, 0.717) is 19.0 Å². The van der Waals surface area contributed by atoms with Crippen molar-refractivity contribution in [2.24, 2.45) is 4.99 Å². The maximum Gasteiger partial charge on any atom is 0.410 e. The van der Waals surface area contributed by atoms with Gasteiger partial charge in [0.05, 0.1) is 0 Å². The van der Waals surface area contributed by atoms with E-state index >= 15 is 0 Å². The van der Waals surface area contributed by atoms with Gasteiger partial charge in [-0.15, -0.1) is 0 Å². The van der Waals surface area contributed by atoms with E-state index in [4.69, 9.17) is 13.9 Å². The average molecular weight is 545 g/mol. The average Bonchev–Trinajstić information content (AvgIpc) is 2.59. The standard InChI is InChI=1S/C22H33IN2O4Si/c1-16(29-30(5,6)7)24-15-17-14-18(23)8-9-20(17)27-19-10-12-25(13-11-19)21(26)28-22(2,3)4/h8-9,14-15,19H,1,10-13H2,2-7H3/b24-15+. The number of benzene rings is 1. The second kappa shape index (κ2) is 10.2. The molecule has 30 heavy (non-hydrogen) atoms.